The SMILES string of the molecule is COC(=O)/C(=C\N(C)C)NC(=O)C1CCN(C(=O)OCc2ccccc2)CC1. The van der Waals surface area contributed by atoms with Crippen molar-refractivity contribution < 1.29 is 23.9 Å². The fourth-order valence-corrected chi connectivity index (χ4v) is 2.87. The Morgan fingerprint density at radius 2 is 1.82 bits per heavy atom. The van der Waals surface area contributed by atoms with Crippen molar-refractivity contribution in [3.63, 3.8) is 0 Å². The quantitative estimate of drug-likeness (QED) is 0.589. The summed E-state index contributed by atoms with van der Waals surface area (Å²) in [6.07, 6.45) is 2.12. The van der Waals surface area contributed by atoms with E-state index in [-0.39, 0.29) is 30.2 Å². The molecule has 28 heavy (non-hydrogen) atoms. The van der Waals surface area contributed by atoms with Gasteiger partial charge in [0.1, 0.15) is 12.3 Å². The predicted octanol–water partition coefficient (Wildman–Crippen LogP) is 1.73. The number of nitrogens with one attached hydrogen (secondary N) is 1. The zero-order valence-corrected chi connectivity index (χ0v) is 16.5. The lowest BCUT2D eigenvalue weighted by Gasteiger charge is -2.30. The predicted molar refractivity (Wildman–Crippen MR) is 103 cm³/mol. The van der Waals surface area contributed by atoms with E-state index >= 15 is 0 Å². The lowest BCUT2D eigenvalue weighted by Crippen LogP contribution is -2.43. The molecule has 0 atom stereocenters. The molecule has 0 bridgehead atoms. The Morgan fingerprint density at radius 1 is 1.18 bits per heavy atom. The van der Waals surface area contributed by atoms with E-state index in [2.05, 4.69) is 5.32 Å². The molecule has 1 aliphatic heterocycles. The number of carbonyl (C=O) groups excluding carboxylic acids is 3. The van der Waals surface area contributed by atoms with Crippen LogP contribution in [0.15, 0.2) is 42.2 Å². The highest BCUT2D eigenvalue weighted by Gasteiger charge is 2.29. The van der Waals surface area contributed by atoms with Crippen LogP contribution in [0.5, 0.6) is 0 Å². The Morgan fingerprint density at radius 3 is 2.39 bits per heavy atom. The molecule has 1 aromatic rings. The lowest BCUT2D eigenvalue weighted by molar-refractivity contribution is -0.138. The van der Waals surface area contributed by atoms with E-state index in [1.807, 2.05) is 30.3 Å². The summed E-state index contributed by atoms with van der Waals surface area (Å²) in [4.78, 5) is 39.7. The average Bonchev–Trinajstić information content (AvgIpc) is 2.71. The van der Waals surface area contributed by atoms with Crippen LogP contribution in [0.3, 0.4) is 0 Å². The van der Waals surface area contributed by atoms with Crippen molar-refractivity contribution in [3.05, 3.63) is 47.8 Å². The highest BCUT2D eigenvalue weighted by Crippen LogP contribution is 2.19. The zero-order chi connectivity index (χ0) is 20.5. The number of likely N-dealkylation sites (tertiary alicyclic amines) is 1. The van der Waals surface area contributed by atoms with E-state index in [1.165, 1.54) is 13.3 Å². The summed E-state index contributed by atoms with van der Waals surface area (Å²) in [5.74, 6) is -1.15. The van der Waals surface area contributed by atoms with Crippen LogP contribution >= 0.6 is 0 Å². The van der Waals surface area contributed by atoms with Gasteiger partial charge in [0, 0.05) is 39.3 Å². The lowest BCUT2D eigenvalue weighted by atomic mass is 9.96. The maximum Gasteiger partial charge on any atom is 0.410 e. The van der Waals surface area contributed by atoms with Crippen LogP contribution in [0, 0.1) is 5.92 Å². The molecule has 2 rings (SSSR count). The summed E-state index contributed by atoms with van der Waals surface area (Å²) >= 11 is 0. The molecule has 152 valence electrons. The molecule has 8 nitrogen and oxygen atoms in total. The second kappa shape index (κ2) is 10.3. The fourth-order valence-electron chi connectivity index (χ4n) is 2.87. The first-order chi connectivity index (χ1) is 13.4. The summed E-state index contributed by atoms with van der Waals surface area (Å²) in [6, 6.07) is 9.47. The van der Waals surface area contributed by atoms with Crippen molar-refractivity contribution in [2.75, 3.05) is 34.3 Å². The largest absolute Gasteiger partial charge is 0.464 e. The Kier molecular flexibility index (Phi) is 7.86. The molecule has 0 spiro atoms. The number of carbonyl (C=O) groups is 3. The molecule has 0 aromatic heterocycles. The van der Waals surface area contributed by atoms with Crippen molar-refractivity contribution in [2.24, 2.45) is 5.92 Å². The van der Waals surface area contributed by atoms with E-state index < -0.39 is 5.97 Å². The number of nitrogens with zero attached hydrogens (tertiary/aromatic N) is 2. The topological polar surface area (TPSA) is 88.2 Å². The molecule has 0 radical (unpaired) electrons. The third-order valence-electron chi connectivity index (χ3n) is 4.38. The number of benzene rings is 1. The number of methoxy groups -OCH3 is 1. The number of ether oxygens (including phenoxy) is 2. The zero-order valence-electron chi connectivity index (χ0n) is 16.5. The minimum atomic E-state index is -0.607. The number of amides is 2. The molecule has 1 saturated heterocycles. The average molecular weight is 389 g/mol. The molecule has 1 heterocycles. The number of hydrogen-bond acceptors (Lipinski definition) is 6. The van der Waals surface area contributed by atoms with E-state index in [0.29, 0.717) is 25.9 Å². The maximum absolute atomic E-state index is 12.5. The highest BCUT2D eigenvalue weighted by atomic mass is 16.6. The van der Waals surface area contributed by atoms with Crippen molar-refractivity contribution >= 4 is 18.0 Å². The minimum absolute atomic E-state index is 0.0854. The summed E-state index contributed by atoms with van der Waals surface area (Å²) in [7, 11) is 4.75. The van der Waals surface area contributed by atoms with Crippen LogP contribution in [-0.2, 0) is 25.7 Å². The molecule has 0 aliphatic carbocycles. The fraction of sp³-hybridized carbons (Fsp3) is 0.450. The van der Waals surface area contributed by atoms with E-state index in [9.17, 15) is 14.4 Å². The van der Waals surface area contributed by atoms with Crippen molar-refractivity contribution in [3.8, 4) is 0 Å². The van der Waals surface area contributed by atoms with Crippen molar-refractivity contribution in [1.82, 2.24) is 15.1 Å². The van der Waals surface area contributed by atoms with Gasteiger partial charge in [-0.1, -0.05) is 30.3 Å². The Balaban J connectivity index is 1.82. The number of hydrogen-bond donors (Lipinski definition) is 1. The molecule has 0 unspecified atom stereocenters. The Bertz CT molecular complexity index is 710. The van der Waals surface area contributed by atoms with E-state index in [4.69, 9.17) is 9.47 Å². The summed E-state index contributed by atoms with van der Waals surface area (Å²) < 4.78 is 10.0. The third kappa shape index (κ3) is 6.29. The van der Waals surface area contributed by atoms with Gasteiger partial charge in [0.25, 0.3) is 0 Å². The van der Waals surface area contributed by atoms with Gasteiger partial charge in [0.15, 0.2) is 0 Å². The summed E-state index contributed by atoms with van der Waals surface area (Å²) in [6.45, 7) is 1.07. The molecule has 1 aliphatic rings. The van der Waals surface area contributed by atoms with Crippen LogP contribution in [0.1, 0.15) is 18.4 Å². The molecule has 8 heteroatoms. The Hall–Kier alpha value is -3.03. The Labute approximate surface area is 165 Å². The monoisotopic (exact) mass is 389 g/mol. The maximum atomic E-state index is 12.5. The van der Waals surface area contributed by atoms with Gasteiger partial charge in [-0.25, -0.2) is 9.59 Å². The second-order valence-corrected chi connectivity index (χ2v) is 6.79. The molecular formula is C20H27N3O5. The third-order valence-corrected chi connectivity index (χ3v) is 4.38. The molecule has 1 N–H and O–H groups in total. The number of esters is 1. The molecule has 0 saturated carbocycles. The highest BCUT2D eigenvalue weighted by molar-refractivity contribution is 5.94. The molecule has 2 amide bonds. The van der Waals surface area contributed by atoms with Gasteiger partial charge in [-0.2, -0.15) is 0 Å². The van der Waals surface area contributed by atoms with Crippen molar-refractivity contribution in [1.29, 1.82) is 0 Å². The normalized spacial score (nSPS) is 15.0. The van der Waals surface area contributed by atoms with E-state index in [1.54, 1.807) is 23.9 Å². The van der Waals surface area contributed by atoms with Gasteiger partial charge in [0.05, 0.1) is 7.11 Å². The van der Waals surface area contributed by atoms with Crippen molar-refractivity contribution in [2.45, 2.75) is 19.4 Å². The minimum Gasteiger partial charge on any atom is -0.464 e. The van der Waals surface area contributed by atoms with Crippen LogP contribution in [0.2, 0.25) is 0 Å². The summed E-state index contributed by atoms with van der Waals surface area (Å²) in [5.41, 5.74) is 1.01. The van der Waals surface area contributed by atoms with Gasteiger partial charge in [-0.15, -0.1) is 0 Å². The van der Waals surface area contributed by atoms with Gasteiger partial charge in [-0.3, -0.25) is 4.79 Å². The molecular weight excluding hydrogens is 362 g/mol. The van der Waals surface area contributed by atoms with Gasteiger partial charge in [-0.05, 0) is 18.4 Å². The summed E-state index contributed by atoms with van der Waals surface area (Å²) in [5, 5.41) is 2.63. The molecule has 1 fully saturated rings. The first-order valence-corrected chi connectivity index (χ1v) is 9.13. The first kappa shape index (κ1) is 21.3. The molecule has 1 aromatic carbocycles. The van der Waals surface area contributed by atoms with E-state index in [0.717, 1.165) is 5.56 Å². The second-order valence-electron chi connectivity index (χ2n) is 6.79. The van der Waals surface area contributed by atoms with Crippen LogP contribution < -0.4 is 5.32 Å². The first-order valence-electron chi connectivity index (χ1n) is 9.13. The van der Waals surface area contributed by atoms with Gasteiger partial charge >= 0.3 is 12.1 Å². The van der Waals surface area contributed by atoms with Crippen LogP contribution in [-0.4, -0.2) is 62.1 Å². The standard InChI is InChI=1S/C20H27N3O5/c1-22(2)13-17(19(25)27-3)21-18(24)16-9-11-23(12-10-16)20(26)28-14-15-7-5-4-6-8-15/h4-8,13,16H,9-12,14H2,1-3H3,(H,21,24)/b17-13+. The van der Waals surface area contributed by atoms with Gasteiger partial charge < -0.3 is 24.6 Å². The van der Waals surface area contributed by atoms with Crippen LogP contribution in [0.25, 0.3) is 0 Å². The smallest absolute Gasteiger partial charge is 0.410 e. The van der Waals surface area contributed by atoms with Crippen LogP contribution in [0.4, 0.5) is 4.79 Å². The number of piperidine rings is 1. The number of rotatable bonds is 6. The van der Waals surface area contributed by atoms with Gasteiger partial charge in [0.2, 0.25) is 5.91 Å².